The molecule has 0 saturated heterocycles. The molecule has 1 aliphatic rings. The van der Waals surface area contributed by atoms with Crippen molar-refractivity contribution in [2.45, 2.75) is 39.0 Å². The highest BCUT2D eigenvalue weighted by Crippen LogP contribution is 2.31. The van der Waals surface area contributed by atoms with Crippen LogP contribution in [0.3, 0.4) is 0 Å². The summed E-state index contributed by atoms with van der Waals surface area (Å²) in [5.41, 5.74) is 6.12. The third-order valence-corrected chi connectivity index (χ3v) is 7.29. The van der Waals surface area contributed by atoms with Crippen LogP contribution in [0.5, 0.6) is 0 Å². The number of hydrogen-bond donors (Lipinski definition) is 3. The minimum absolute atomic E-state index is 0.0683. The summed E-state index contributed by atoms with van der Waals surface area (Å²) in [5, 5.41) is 11.5. The molecule has 194 valence electrons. The highest BCUT2D eigenvalue weighted by atomic mass is 16.1. The smallest absolute Gasteiger partial charge is 0.227 e. The lowest BCUT2D eigenvalue weighted by atomic mass is 9.88. The number of rotatable bonds is 5. The predicted molar refractivity (Wildman–Crippen MR) is 147 cm³/mol. The summed E-state index contributed by atoms with van der Waals surface area (Å²) in [6.07, 6.45) is 15.9. The van der Waals surface area contributed by atoms with Crippen molar-refractivity contribution in [3.05, 3.63) is 61.2 Å². The lowest BCUT2D eigenvalue weighted by Crippen LogP contribution is -2.24. The number of aromatic amines is 2. The van der Waals surface area contributed by atoms with Crippen LogP contribution in [0.25, 0.3) is 50.5 Å². The number of carbonyl (C=O) groups excluding carboxylic acids is 1. The molecule has 3 N–H and O–H groups in total. The third kappa shape index (κ3) is 4.31. The van der Waals surface area contributed by atoms with E-state index in [2.05, 4.69) is 40.4 Å². The summed E-state index contributed by atoms with van der Waals surface area (Å²) in [6, 6.07) is 5.76. The van der Waals surface area contributed by atoms with Crippen molar-refractivity contribution in [3.63, 3.8) is 0 Å². The molecule has 11 nitrogen and oxygen atoms in total. The Balaban J connectivity index is 1.22. The Morgan fingerprint density at radius 3 is 2.79 bits per heavy atom. The maximum atomic E-state index is 12.8. The van der Waals surface area contributed by atoms with E-state index in [-0.39, 0.29) is 11.8 Å². The largest absolute Gasteiger partial charge is 0.336 e. The minimum Gasteiger partial charge on any atom is -0.336 e. The van der Waals surface area contributed by atoms with Crippen molar-refractivity contribution in [2.24, 2.45) is 5.92 Å². The Hall–Kier alpha value is -4.93. The van der Waals surface area contributed by atoms with Gasteiger partial charge < -0.3 is 10.3 Å². The van der Waals surface area contributed by atoms with Gasteiger partial charge in [-0.15, -0.1) is 0 Å². The zero-order valence-electron chi connectivity index (χ0n) is 21.3. The lowest BCUT2D eigenvalue weighted by molar-refractivity contribution is -0.120. The Kier molecular flexibility index (Phi) is 5.61. The van der Waals surface area contributed by atoms with Crippen LogP contribution in [-0.4, -0.2) is 50.6 Å². The Morgan fingerprint density at radius 1 is 1.05 bits per heavy atom. The summed E-state index contributed by atoms with van der Waals surface area (Å²) in [5.74, 6) is 1.45. The van der Waals surface area contributed by atoms with E-state index in [0.717, 1.165) is 64.6 Å². The molecular formula is C28H26N10O. The van der Waals surface area contributed by atoms with E-state index in [1.165, 1.54) is 6.42 Å². The molecule has 1 fully saturated rings. The maximum absolute atomic E-state index is 12.8. The molecule has 0 radical (unpaired) electrons. The molecule has 0 aliphatic heterocycles. The zero-order chi connectivity index (χ0) is 26.3. The molecule has 0 atom stereocenters. The normalized spacial score (nSPS) is 14.3. The standard InChI is InChI=1S/C28H26N10O/c1-16-14-38(15-32-16)27-25-21(7-8-30-27)34-26(35-25)24-20-10-22(31-13-23(20)36-37-24)18-9-19(12-29-11-18)33-28(39)17-5-3-2-4-6-17/h7-15,17H,2-6H2,1H3,(H,33,39)(H,34,35)(H,36,37). The van der Waals surface area contributed by atoms with Crippen LogP contribution in [0.15, 0.2) is 55.5 Å². The molecule has 39 heavy (non-hydrogen) atoms. The summed E-state index contributed by atoms with van der Waals surface area (Å²) < 4.78 is 1.86. The second-order valence-corrected chi connectivity index (χ2v) is 10.0. The van der Waals surface area contributed by atoms with Crippen molar-refractivity contribution >= 4 is 33.5 Å². The van der Waals surface area contributed by atoms with Gasteiger partial charge in [-0.25, -0.2) is 15.0 Å². The van der Waals surface area contributed by atoms with Gasteiger partial charge in [-0.05, 0) is 38.0 Å². The predicted octanol–water partition coefficient (Wildman–Crippen LogP) is 4.97. The van der Waals surface area contributed by atoms with Crippen molar-refractivity contribution in [1.29, 1.82) is 0 Å². The molecule has 0 aromatic carbocycles. The number of anilines is 1. The second kappa shape index (κ2) is 9.43. The Labute approximate surface area is 223 Å². The number of aromatic nitrogens is 9. The van der Waals surface area contributed by atoms with Gasteiger partial charge in [-0.1, -0.05) is 19.3 Å². The van der Waals surface area contributed by atoms with Crippen LogP contribution in [0.4, 0.5) is 5.69 Å². The van der Waals surface area contributed by atoms with Gasteiger partial charge in [0.05, 0.1) is 40.5 Å². The number of imidazole rings is 2. The van der Waals surface area contributed by atoms with Crippen LogP contribution >= 0.6 is 0 Å². The number of amides is 1. The van der Waals surface area contributed by atoms with Crippen LogP contribution in [0.2, 0.25) is 0 Å². The SMILES string of the molecule is Cc1cn(-c2nccc3[nH]c(-c4n[nH]c5cnc(-c6cncc(NC(=O)C7CCCCC7)c6)cc45)nc23)cn1. The molecule has 6 heterocycles. The molecule has 1 saturated carbocycles. The molecule has 1 amide bonds. The number of pyridine rings is 3. The van der Waals surface area contributed by atoms with Crippen molar-refractivity contribution in [1.82, 2.24) is 44.7 Å². The number of aryl methyl sites for hydroxylation is 1. The first-order valence-corrected chi connectivity index (χ1v) is 13.1. The monoisotopic (exact) mass is 518 g/mol. The van der Waals surface area contributed by atoms with Crippen LogP contribution in [0.1, 0.15) is 37.8 Å². The fourth-order valence-corrected chi connectivity index (χ4v) is 5.27. The minimum atomic E-state index is 0.0683. The summed E-state index contributed by atoms with van der Waals surface area (Å²) in [4.78, 5) is 38.8. The van der Waals surface area contributed by atoms with E-state index >= 15 is 0 Å². The number of fused-ring (bicyclic) bond motifs is 2. The van der Waals surface area contributed by atoms with Crippen molar-refractivity contribution in [3.8, 4) is 28.6 Å². The topological polar surface area (TPSA) is 143 Å². The summed E-state index contributed by atoms with van der Waals surface area (Å²) in [6.45, 7) is 1.93. The second-order valence-electron chi connectivity index (χ2n) is 10.0. The molecular weight excluding hydrogens is 492 g/mol. The van der Waals surface area contributed by atoms with E-state index in [1.807, 2.05) is 35.9 Å². The molecule has 1 aliphatic carbocycles. The maximum Gasteiger partial charge on any atom is 0.227 e. The van der Waals surface area contributed by atoms with Crippen LogP contribution in [0, 0.1) is 12.8 Å². The number of hydrogen-bond acceptors (Lipinski definition) is 7. The first kappa shape index (κ1) is 23.2. The van der Waals surface area contributed by atoms with Gasteiger partial charge in [0, 0.05) is 35.5 Å². The molecule has 11 heteroatoms. The van der Waals surface area contributed by atoms with E-state index in [9.17, 15) is 4.79 Å². The average Bonchev–Trinajstić information content (AvgIpc) is 3.71. The van der Waals surface area contributed by atoms with Gasteiger partial charge in [0.25, 0.3) is 0 Å². The van der Waals surface area contributed by atoms with Gasteiger partial charge in [0.15, 0.2) is 11.6 Å². The fourth-order valence-electron chi connectivity index (χ4n) is 5.27. The Bertz CT molecular complexity index is 1820. The van der Waals surface area contributed by atoms with E-state index in [4.69, 9.17) is 4.98 Å². The third-order valence-electron chi connectivity index (χ3n) is 7.29. The molecule has 6 aromatic rings. The molecule has 0 spiro atoms. The fraction of sp³-hybridized carbons (Fsp3) is 0.250. The van der Waals surface area contributed by atoms with Gasteiger partial charge in [-0.2, -0.15) is 5.10 Å². The Morgan fingerprint density at radius 2 is 1.95 bits per heavy atom. The van der Waals surface area contributed by atoms with Crippen molar-refractivity contribution < 1.29 is 4.79 Å². The van der Waals surface area contributed by atoms with Gasteiger partial charge in [0.1, 0.15) is 17.5 Å². The number of H-pyrrole nitrogens is 2. The molecule has 0 bridgehead atoms. The average molecular weight is 519 g/mol. The van der Waals surface area contributed by atoms with Gasteiger partial charge in [-0.3, -0.25) is 24.4 Å². The van der Waals surface area contributed by atoms with Crippen molar-refractivity contribution in [2.75, 3.05) is 5.32 Å². The number of nitrogens with zero attached hydrogens (tertiary/aromatic N) is 7. The molecule has 7 rings (SSSR count). The molecule has 6 aromatic heterocycles. The van der Waals surface area contributed by atoms with Crippen LogP contribution in [-0.2, 0) is 4.79 Å². The summed E-state index contributed by atoms with van der Waals surface area (Å²) in [7, 11) is 0. The van der Waals surface area contributed by atoms with Crippen LogP contribution < -0.4 is 5.32 Å². The quantitative estimate of drug-likeness (QED) is 0.292. The van der Waals surface area contributed by atoms with Gasteiger partial charge >= 0.3 is 0 Å². The summed E-state index contributed by atoms with van der Waals surface area (Å²) >= 11 is 0. The highest BCUT2D eigenvalue weighted by Gasteiger charge is 2.21. The highest BCUT2D eigenvalue weighted by molar-refractivity contribution is 5.96. The van der Waals surface area contributed by atoms with E-state index in [1.54, 1.807) is 31.1 Å². The first-order valence-electron chi connectivity index (χ1n) is 13.1. The lowest BCUT2D eigenvalue weighted by Gasteiger charge is -2.20. The zero-order valence-corrected chi connectivity index (χ0v) is 21.3. The van der Waals surface area contributed by atoms with Gasteiger partial charge in [0.2, 0.25) is 5.91 Å². The van der Waals surface area contributed by atoms with E-state index in [0.29, 0.717) is 23.0 Å². The number of nitrogens with one attached hydrogen (secondary N) is 3. The molecule has 0 unspecified atom stereocenters. The van der Waals surface area contributed by atoms with E-state index < -0.39 is 0 Å². The number of carbonyl (C=O) groups is 1. The first-order chi connectivity index (χ1) is 19.1.